The number of hydroxylamine groups is 1. The van der Waals surface area contributed by atoms with Gasteiger partial charge in [0.2, 0.25) is 0 Å². The zero-order chi connectivity index (χ0) is 12.0. The van der Waals surface area contributed by atoms with Gasteiger partial charge < -0.3 is 9.94 Å². The number of carbonyl (C=O) groups excluding carboxylic acids is 1. The lowest BCUT2D eigenvalue weighted by molar-refractivity contribution is -0.475. The number of hydrogen-bond acceptors (Lipinski definition) is 3. The average molecular weight is 221 g/mol. The molecule has 0 radical (unpaired) electrons. The normalized spacial score (nSPS) is 11.9. The first-order chi connectivity index (χ1) is 7.69. The summed E-state index contributed by atoms with van der Waals surface area (Å²) in [7, 11) is 1.27. The second-order valence-electron chi connectivity index (χ2n) is 3.31. The van der Waals surface area contributed by atoms with Gasteiger partial charge in [0.1, 0.15) is 0 Å². The van der Waals surface area contributed by atoms with Gasteiger partial charge in [-0.1, -0.05) is 37.3 Å². The zero-order valence-corrected chi connectivity index (χ0v) is 9.47. The minimum atomic E-state index is -0.562. The van der Waals surface area contributed by atoms with Crippen molar-refractivity contribution in [2.24, 2.45) is 0 Å². The van der Waals surface area contributed by atoms with Gasteiger partial charge in [0.15, 0.2) is 6.54 Å². The smallest absolute Gasteiger partial charge is 0.399 e. The predicted octanol–water partition coefficient (Wildman–Crippen LogP) is 1.72. The summed E-state index contributed by atoms with van der Waals surface area (Å²) >= 11 is 0. The Bertz CT molecular complexity index is 385. The first kappa shape index (κ1) is 12.2. The Morgan fingerprint density at radius 1 is 1.38 bits per heavy atom. The second-order valence-corrected chi connectivity index (χ2v) is 3.31. The van der Waals surface area contributed by atoms with Crippen molar-refractivity contribution in [2.75, 3.05) is 7.11 Å². The van der Waals surface area contributed by atoms with Gasteiger partial charge in [0.25, 0.3) is 5.71 Å². The predicted molar refractivity (Wildman–Crippen MR) is 61.1 cm³/mol. The van der Waals surface area contributed by atoms with Crippen molar-refractivity contribution in [1.29, 1.82) is 0 Å². The lowest BCUT2D eigenvalue weighted by atomic mass is 10.2. The van der Waals surface area contributed by atoms with E-state index in [1.807, 2.05) is 30.3 Å². The second kappa shape index (κ2) is 5.90. The van der Waals surface area contributed by atoms with Gasteiger partial charge in [-0.3, -0.25) is 0 Å². The third-order valence-electron chi connectivity index (χ3n) is 2.23. The van der Waals surface area contributed by atoms with Crippen molar-refractivity contribution in [3.05, 3.63) is 41.1 Å². The quantitative estimate of drug-likeness (QED) is 0.256. The van der Waals surface area contributed by atoms with E-state index >= 15 is 0 Å². The molecule has 86 valence electrons. The lowest BCUT2D eigenvalue weighted by Crippen LogP contribution is -2.25. The number of methoxy groups -OCH3 is 1. The molecule has 0 aliphatic heterocycles. The molecule has 4 heteroatoms. The van der Waals surface area contributed by atoms with Crippen LogP contribution >= 0.6 is 0 Å². The van der Waals surface area contributed by atoms with Gasteiger partial charge in [0, 0.05) is 12.0 Å². The molecule has 0 fully saturated rings. The molecular weight excluding hydrogens is 206 g/mol. The van der Waals surface area contributed by atoms with Gasteiger partial charge in [-0.2, -0.15) is 4.74 Å². The van der Waals surface area contributed by atoms with Crippen LogP contribution < -0.4 is 0 Å². The van der Waals surface area contributed by atoms with Crippen LogP contribution in [0.2, 0.25) is 0 Å². The molecule has 0 aliphatic rings. The van der Waals surface area contributed by atoms with Crippen LogP contribution in [-0.2, 0) is 16.1 Å². The molecule has 1 aromatic rings. The topological polar surface area (TPSA) is 52.4 Å². The Morgan fingerprint density at radius 3 is 2.50 bits per heavy atom. The van der Waals surface area contributed by atoms with Crippen LogP contribution in [0.15, 0.2) is 30.3 Å². The molecule has 0 heterocycles. The highest BCUT2D eigenvalue weighted by molar-refractivity contribution is 6.34. The fourth-order valence-electron chi connectivity index (χ4n) is 1.38. The number of carbonyl (C=O) groups is 1. The monoisotopic (exact) mass is 221 g/mol. The maximum Gasteiger partial charge on any atom is 0.399 e. The van der Waals surface area contributed by atoms with Crippen molar-refractivity contribution in [2.45, 2.75) is 19.9 Å². The highest BCUT2D eigenvalue weighted by Crippen LogP contribution is 2.01. The van der Waals surface area contributed by atoms with Crippen LogP contribution in [-0.4, -0.2) is 23.5 Å². The van der Waals surface area contributed by atoms with Crippen LogP contribution in [0.3, 0.4) is 0 Å². The van der Waals surface area contributed by atoms with Crippen molar-refractivity contribution in [1.82, 2.24) is 0 Å². The van der Waals surface area contributed by atoms with Gasteiger partial charge in [-0.15, -0.1) is 0 Å². The van der Waals surface area contributed by atoms with Gasteiger partial charge in [-0.05, 0) is 0 Å². The van der Waals surface area contributed by atoms with Crippen LogP contribution in [0.5, 0.6) is 0 Å². The number of nitrogens with zero attached hydrogens (tertiary/aromatic N) is 1. The molecule has 0 N–H and O–H groups in total. The zero-order valence-electron chi connectivity index (χ0n) is 9.47. The summed E-state index contributed by atoms with van der Waals surface area (Å²) in [4.78, 5) is 11.3. The number of ether oxygens (including phenoxy) is 1. The van der Waals surface area contributed by atoms with E-state index in [0.717, 1.165) is 5.56 Å². The van der Waals surface area contributed by atoms with Crippen LogP contribution in [0.25, 0.3) is 0 Å². The lowest BCUT2D eigenvalue weighted by Gasteiger charge is -2.08. The molecule has 0 aromatic heterocycles. The molecule has 1 rings (SSSR count). The highest BCUT2D eigenvalue weighted by Gasteiger charge is 2.18. The third-order valence-corrected chi connectivity index (χ3v) is 2.23. The van der Waals surface area contributed by atoms with E-state index in [0.29, 0.717) is 11.2 Å². The summed E-state index contributed by atoms with van der Waals surface area (Å²) < 4.78 is 5.23. The number of benzene rings is 1. The van der Waals surface area contributed by atoms with Crippen LogP contribution in [0.1, 0.15) is 18.9 Å². The van der Waals surface area contributed by atoms with Crippen molar-refractivity contribution in [3.8, 4) is 0 Å². The van der Waals surface area contributed by atoms with Gasteiger partial charge in [-0.25, -0.2) is 4.79 Å². The fraction of sp³-hybridized carbons (Fsp3) is 0.333. The van der Waals surface area contributed by atoms with E-state index in [-0.39, 0.29) is 12.3 Å². The molecule has 0 atom stereocenters. The maximum atomic E-state index is 11.7. The maximum absolute atomic E-state index is 11.7. The summed E-state index contributed by atoms with van der Waals surface area (Å²) in [6.45, 7) is 1.92. The van der Waals surface area contributed by atoms with Gasteiger partial charge in [0.05, 0.1) is 7.11 Å². The first-order valence-electron chi connectivity index (χ1n) is 5.11. The summed E-state index contributed by atoms with van der Waals surface area (Å²) in [6, 6.07) is 9.27. The van der Waals surface area contributed by atoms with E-state index < -0.39 is 5.97 Å². The Balaban J connectivity index is 2.86. The largest absolute Gasteiger partial charge is 0.623 e. The van der Waals surface area contributed by atoms with E-state index in [9.17, 15) is 10.0 Å². The Hall–Kier alpha value is -1.84. The molecule has 0 spiro atoms. The Labute approximate surface area is 94.7 Å². The third kappa shape index (κ3) is 3.08. The fourth-order valence-corrected chi connectivity index (χ4v) is 1.38. The van der Waals surface area contributed by atoms with E-state index in [2.05, 4.69) is 4.74 Å². The Kier molecular flexibility index (Phi) is 4.51. The number of hydrogen-bond donors (Lipinski definition) is 0. The molecule has 0 bridgehead atoms. The minimum Gasteiger partial charge on any atom is -0.623 e. The number of esters is 1. The summed E-state index contributed by atoms with van der Waals surface area (Å²) in [5.74, 6) is -0.562. The molecule has 0 aliphatic carbocycles. The van der Waals surface area contributed by atoms with E-state index in [1.165, 1.54) is 7.11 Å². The summed E-state index contributed by atoms with van der Waals surface area (Å²) in [5.41, 5.74) is 1.01. The highest BCUT2D eigenvalue weighted by atomic mass is 16.5. The molecule has 0 saturated heterocycles. The average Bonchev–Trinajstić information content (AvgIpc) is 2.31. The molecule has 1 aromatic carbocycles. The van der Waals surface area contributed by atoms with E-state index in [4.69, 9.17) is 0 Å². The molecule has 16 heavy (non-hydrogen) atoms. The standard InChI is InChI=1S/C12H15NO3/c1-3-11(12(14)16-2)13(15)9-10-7-5-4-6-8-10/h4-8H,3,9H2,1-2H3/b13-11+. The molecule has 4 nitrogen and oxygen atoms in total. The van der Waals surface area contributed by atoms with Gasteiger partial charge >= 0.3 is 5.97 Å². The van der Waals surface area contributed by atoms with E-state index in [1.54, 1.807) is 6.92 Å². The van der Waals surface area contributed by atoms with Crippen molar-refractivity contribution >= 4 is 11.7 Å². The van der Waals surface area contributed by atoms with Crippen LogP contribution in [0, 0.1) is 5.21 Å². The first-order valence-corrected chi connectivity index (χ1v) is 5.11. The molecule has 0 unspecified atom stereocenters. The molecule has 0 saturated carbocycles. The Morgan fingerprint density at radius 2 is 2.00 bits per heavy atom. The molecular formula is C12H15NO3. The molecule has 0 amide bonds. The summed E-state index contributed by atoms with van der Waals surface area (Å²) in [6.07, 6.45) is 0.364. The minimum absolute atomic E-state index is 0.145. The summed E-state index contributed by atoms with van der Waals surface area (Å²) in [5, 5.41) is 11.7. The van der Waals surface area contributed by atoms with Crippen molar-refractivity contribution in [3.63, 3.8) is 0 Å². The SMILES string of the molecule is CC/C(C(=O)OC)=[N+](\[O-])Cc1ccccc1. The van der Waals surface area contributed by atoms with Crippen molar-refractivity contribution < 1.29 is 14.3 Å². The number of rotatable bonds is 4. The van der Waals surface area contributed by atoms with Crippen LogP contribution in [0.4, 0.5) is 0 Å².